The van der Waals surface area contributed by atoms with E-state index in [2.05, 4.69) is 4.98 Å². The standard InChI is InChI=1S/C27H25F4N3O2/c28-22-10-19(18-4-3-17-2-1-8-32-24(17)12-18)11-23(29)21(22)13-33-9-7-26(27(30,31)16-33)15-34(20-5-6-20)25(35)14-36-26/h1-4,8,10-12,20H,5-7,9,13-16H2. The van der Waals surface area contributed by atoms with Crippen molar-refractivity contribution in [1.29, 1.82) is 0 Å². The zero-order chi connectivity index (χ0) is 25.1. The van der Waals surface area contributed by atoms with Crippen LogP contribution in [-0.4, -0.2) is 64.5 Å². The molecule has 188 valence electrons. The molecule has 3 heterocycles. The quantitative estimate of drug-likeness (QED) is 0.485. The van der Waals surface area contributed by atoms with Crippen LogP contribution in [0.4, 0.5) is 17.6 Å². The van der Waals surface area contributed by atoms with Gasteiger partial charge in [-0.05, 0) is 54.7 Å². The Morgan fingerprint density at radius 2 is 1.81 bits per heavy atom. The summed E-state index contributed by atoms with van der Waals surface area (Å²) in [4.78, 5) is 19.3. The van der Waals surface area contributed by atoms with E-state index in [0.29, 0.717) is 16.6 Å². The summed E-state index contributed by atoms with van der Waals surface area (Å²) in [6.07, 6.45) is 3.27. The monoisotopic (exact) mass is 499 g/mol. The molecule has 0 radical (unpaired) electrons. The lowest BCUT2D eigenvalue weighted by molar-refractivity contribution is -0.258. The van der Waals surface area contributed by atoms with Crippen LogP contribution in [0.1, 0.15) is 24.8 Å². The minimum atomic E-state index is -3.27. The second-order valence-corrected chi connectivity index (χ2v) is 10.0. The summed E-state index contributed by atoms with van der Waals surface area (Å²) in [5, 5.41) is 0.911. The largest absolute Gasteiger partial charge is 0.357 e. The van der Waals surface area contributed by atoms with Gasteiger partial charge >= 0.3 is 0 Å². The highest BCUT2D eigenvalue weighted by atomic mass is 19.3. The lowest BCUT2D eigenvalue weighted by Crippen LogP contribution is -2.69. The van der Waals surface area contributed by atoms with E-state index in [4.69, 9.17) is 4.74 Å². The SMILES string of the molecule is O=C1COC2(CCN(Cc3c(F)cc(-c4ccc5cccnc5c4)cc3F)CC2(F)F)CN1C1CC1. The van der Waals surface area contributed by atoms with Crippen molar-refractivity contribution in [3.05, 3.63) is 65.9 Å². The number of rotatable bonds is 4. The number of aromatic nitrogens is 1. The van der Waals surface area contributed by atoms with Crippen molar-refractivity contribution in [1.82, 2.24) is 14.8 Å². The number of carbonyl (C=O) groups excluding carboxylic acids is 1. The van der Waals surface area contributed by atoms with E-state index in [0.717, 1.165) is 18.2 Å². The van der Waals surface area contributed by atoms with Gasteiger partial charge in [0.15, 0.2) is 5.60 Å². The zero-order valence-corrected chi connectivity index (χ0v) is 19.5. The molecule has 2 aliphatic heterocycles. The average molecular weight is 500 g/mol. The zero-order valence-electron chi connectivity index (χ0n) is 19.5. The number of morpholine rings is 1. The minimum absolute atomic E-state index is 0.0206. The van der Waals surface area contributed by atoms with Gasteiger partial charge in [-0.2, -0.15) is 0 Å². The minimum Gasteiger partial charge on any atom is -0.357 e. The Balaban J connectivity index is 1.20. The van der Waals surface area contributed by atoms with Crippen LogP contribution in [0.3, 0.4) is 0 Å². The molecule has 1 aromatic heterocycles. The second kappa shape index (κ2) is 8.52. The molecule has 6 rings (SSSR count). The molecule has 1 unspecified atom stereocenters. The number of alkyl halides is 2. The first-order valence-electron chi connectivity index (χ1n) is 12.1. The van der Waals surface area contributed by atoms with E-state index in [-0.39, 0.29) is 50.2 Å². The number of amides is 1. The molecule has 1 amide bonds. The lowest BCUT2D eigenvalue weighted by Gasteiger charge is -2.51. The molecule has 3 aliphatic rings. The predicted octanol–water partition coefficient (Wildman–Crippen LogP) is 4.78. The van der Waals surface area contributed by atoms with Gasteiger partial charge in [0.25, 0.3) is 5.92 Å². The fourth-order valence-corrected chi connectivity index (χ4v) is 5.33. The van der Waals surface area contributed by atoms with Crippen LogP contribution < -0.4 is 0 Å². The Bertz CT molecular complexity index is 1320. The first-order chi connectivity index (χ1) is 17.2. The molecule has 1 spiro atoms. The number of halogens is 4. The Labute approximate surface area is 205 Å². The number of hydrogen-bond acceptors (Lipinski definition) is 4. The van der Waals surface area contributed by atoms with Crippen LogP contribution in [-0.2, 0) is 16.1 Å². The maximum absolute atomic E-state index is 15.4. The van der Waals surface area contributed by atoms with Crippen LogP contribution in [0.15, 0.2) is 48.7 Å². The van der Waals surface area contributed by atoms with Gasteiger partial charge in [0.2, 0.25) is 5.91 Å². The highest BCUT2D eigenvalue weighted by Crippen LogP contribution is 2.44. The molecule has 3 aromatic rings. The molecule has 2 saturated heterocycles. The van der Waals surface area contributed by atoms with Gasteiger partial charge < -0.3 is 9.64 Å². The third kappa shape index (κ3) is 4.04. The number of fused-ring (bicyclic) bond motifs is 1. The van der Waals surface area contributed by atoms with Gasteiger partial charge in [0, 0.05) is 36.3 Å². The summed E-state index contributed by atoms with van der Waals surface area (Å²) < 4.78 is 66.4. The second-order valence-electron chi connectivity index (χ2n) is 10.0. The van der Waals surface area contributed by atoms with Crippen molar-refractivity contribution in [2.75, 3.05) is 26.2 Å². The summed E-state index contributed by atoms with van der Waals surface area (Å²) in [7, 11) is 0. The van der Waals surface area contributed by atoms with Crippen LogP contribution in [0.2, 0.25) is 0 Å². The molecule has 36 heavy (non-hydrogen) atoms. The average Bonchev–Trinajstić information content (AvgIpc) is 3.70. The summed E-state index contributed by atoms with van der Waals surface area (Å²) in [6.45, 7) is -1.30. The molecule has 9 heteroatoms. The van der Waals surface area contributed by atoms with E-state index >= 15 is 17.6 Å². The normalized spacial score (nSPS) is 24.6. The van der Waals surface area contributed by atoms with Crippen molar-refractivity contribution >= 4 is 16.8 Å². The third-order valence-electron chi connectivity index (χ3n) is 7.59. The molecule has 1 atom stereocenters. The number of piperidine rings is 1. The van der Waals surface area contributed by atoms with Crippen LogP contribution >= 0.6 is 0 Å². The number of likely N-dealkylation sites (tertiary alicyclic amines) is 1. The summed E-state index contributed by atoms with van der Waals surface area (Å²) >= 11 is 0. The Kier molecular flexibility index (Phi) is 5.53. The molecule has 1 saturated carbocycles. The third-order valence-corrected chi connectivity index (χ3v) is 7.59. The molecular weight excluding hydrogens is 474 g/mol. The summed E-state index contributed by atoms with van der Waals surface area (Å²) in [5.41, 5.74) is -0.337. The lowest BCUT2D eigenvalue weighted by atomic mass is 9.85. The molecule has 5 nitrogen and oxygen atoms in total. The Morgan fingerprint density at radius 3 is 2.53 bits per heavy atom. The van der Waals surface area contributed by atoms with E-state index < -0.39 is 29.7 Å². The molecule has 2 aromatic carbocycles. The molecule has 0 bridgehead atoms. The van der Waals surface area contributed by atoms with Crippen LogP contribution in [0.5, 0.6) is 0 Å². The van der Waals surface area contributed by atoms with Crippen molar-refractivity contribution < 1.29 is 27.1 Å². The fraction of sp³-hybridized carbons (Fsp3) is 0.407. The number of hydrogen-bond donors (Lipinski definition) is 0. The maximum Gasteiger partial charge on any atom is 0.290 e. The Morgan fingerprint density at radius 1 is 1.03 bits per heavy atom. The molecule has 1 aliphatic carbocycles. The van der Waals surface area contributed by atoms with E-state index in [9.17, 15) is 4.79 Å². The van der Waals surface area contributed by atoms with Crippen molar-refractivity contribution in [3.8, 4) is 11.1 Å². The van der Waals surface area contributed by atoms with E-state index in [1.54, 1.807) is 18.3 Å². The van der Waals surface area contributed by atoms with Gasteiger partial charge in [-0.25, -0.2) is 17.6 Å². The van der Waals surface area contributed by atoms with Crippen molar-refractivity contribution in [3.63, 3.8) is 0 Å². The predicted molar refractivity (Wildman–Crippen MR) is 125 cm³/mol. The van der Waals surface area contributed by atoms with E-state index in [1.807, 2.05) is 18.2 Å². The molecule has 3 fully saturated rings. The Hall–Kier alpha value is -3.04. The number of pyridine rings is 1. The maximum atomic E-state index is 15.4. The van der Waals surface area contributed by atoms with Crippen LogP contribution in [0, 0.1) is 11.6 Å². The molecule has 0 N–H and O–H groups in total. The molecular formula is C27H25F4N3O2. The first-order valence-corrected chi connectivity index (χ1v) is 12.1. The first kappa shape index (κ1) is 23.4. The van der Waals surface area contributed by atoms with Crippen molar-refractivity contribution in [2.24, 2.45) is 0 Å². The number of carbonyl (C=O) groups is 1. The van der Waals surface area contributed by atoms with Gasteiger partial charge in [0.05, 0.1) is 18.6 Å². The van der Waals surface area contributed by atoms with E-state index in [1.165, 1.54) is 21.9 Å². The highest BCUT2D eigenvalue weighted by Gasteiger charge is 2.61. The van der Waals surface area contributed by atoms with Crippen molar-refractivity contribution in [2.45, 2.75) is 43.4 Å². The summed E-state index contributed by atoms with van der Waals surface area (Å²) in [6, 6.07) is 11.5. The smallest absolute Gasteiger partial charge is 0.290 e. The van der Waals surface area contributed by atoms with Gasteiger partial charge in [0.1, 0.15) is 18.2 Å². The fourth-order valence-electron chi connectivity index (χ4n) is 5.33. The van der Waals surface area contributed by atoms with Gasteiger partial charge in [-0.15, -0.1) is 0 Å². The van der Waals surface area contributed by atoms with Gasteiger partial charge in [-0.3, -0.25) is 14.7 Å². The summed E-state index contributed by atoms with van der Waals surface area (Å²) in [5.74, 6) is -5.10. The topological polar surface area (TPSA) is 45.7 Å². The number of nitrogens with zero attached hydrogens (tertiary/aromatic N) is 3. The van der Waals surface area contributed by atoms with Gasteiger partial charge in [-0.1, -0.05) is 18.2 Å². The van der Waals surface area contributed by atoms with Crippen LogP contribution in [0.25, 0.3) is 22.0 Å². The highest BCUT2D eigenvalue weighted by molar-refractivity contribution is 5.84. The number of ether oxygens (including phenoxy) is 1. The number of benzene rings is 2.